The van der Waals surface area contributed by atoms with Crippen LogP contribution in [0.5, 0.6) is 0 Å². The first-order chi connectivity index (χ1) is 4.47. The van der Waals surface area contributed by atoms with Gasteiger partial charge in [0.1, 0.15) is 0 Å². The second-order valence-corrected chi connectivity index (χ2v) is 3.49. The summed E-state index contributed by atoms with van der Waals surface area (Å²) in [5.41, 5.74) is 2.52. The maximum absolute atomic E-state index is 3.31. The number of hydrogen-bond acceptors (Lipinski definition) is 2. The maximum atomic E-state index is 3.31. The molecule has 2 nitrogen and oxygen atoms in total. The van der Waals surface area contributed by atoms with E-state index in [1.165, 1.54) is 11.4 Å². The molecule has 0 saturated carbocycles. The number of rotatable bonds is 0. The standard InChI is InChI=1S/C6H6GeN2/c1-2-4-6-5(3-1)8-7-9-6/h1-4,8-9H. The third-order valence-electron chi connectivity index (χ3n) is 1.32. The van der Waals surface area contributed by atoms with Gasteiger partial charge in [-0.1, -0.05) is 0 Å². The molecule has 0 aliphatic carbocycles. The zero-order chi connectivity index (χ0) is 6.10. The van der Waals surface area contributed by atoms with Gasteiger partial charge < -0.3 is 0 Å². The molecular formula is C6H6GeN2. The molecule has 0 fully saturated rings. The Bertz CT molecular complexity index is 201. The molecule has 1 aliphatic heterocycles. The van der Waals surface area contributed by atoms with Crippen molar-refractivity contribution in [2.45, 2.75) is 0 Å². The molecule has 2 N–H and O–H groups in total. The van der Waals surface area contributed by atoms with E-state index in [0.29, 0.717) is 0 Å². The molecule has 1 aromatic rings. The van der Waals surface area contributed by atoms with Gasteiger partial charge in [-0.05, 0) is 0 Å². The summed E-state index contributed by atoms with van der Waals surface area (Å²) in [7, 11) is 0. The second kappa shape index (κ2) is 1.95. The van der Waals surface area contributed by atoms with Crippen molar-refractivity contribution in [2.75, 3.05) is 8.55 Å². The number of hydrogen-bond donors (Lipinski definition) is 2. The SMILES string of the molecule is c1ccc2c(c1)[NH][Ge][NH]2. The second-order valence-electron chi connectivity index (χ2n) is 1.92. The normalized spacial score (nSPS) is 13.8. The third kappa shape index (κ3) is 0.791. The summed E-state index contributed by atoms with van der Waals surface area (Å²) in [6.07, 6.45) is 0. The van der Waals surface area contributed by atoms with Gasteiger partial charge in [-0.25, -0.2) is 0 Å². The molecule has 1 aliphatic rings. The Kier molecular flexibility index (Phi) is 1.12. The summed E-state index contributed by atoms with van der Waals surface area (Å²) >= 11 is -0.103. The van der Waals surface area contributed by atoms with Crippen LogP contribution in [0.4, 0.5) is 11.4 Å². The molecule has 0 aromatic heterocycles. The average Bonchev–Trinajstić information content (AvgIpc) is 2.33. The minimum atomic E-state index is -0.103. The summed E-state index contributed by atoms with van der Waals surface area (Å²) in [5, 5.41) is 0. The van der Waals surface area contributed by atoms with Crippen molar-refractivity contribution in [3.63, 3.8) is 0 Å². The van der Waals surface area contributed by atoms with Gasteiger partial charge >= 0.3 is 60.1 Å². The van der Waals surface area contributed by atoms with E-state index in [0.717, 1.165) is 0 Å². The van der Waals surface area contributed by atoms with Gasteiger partial charge in [-0.3, -0.25) is 0 Å². The van der Waals surface area contributed by atoms with Gasteiger partial charge in [0.2, 0.25) is 0 Å². The zero-order valence-electron chi connectivity index (χ0n) is 4.81. The molecule has 0 atom stereocenters. The van der Waals surface area contributed by atoms with Crippen LogP contribution in [0.2, 0.25) is 0 Å². The average molecular weight is 179 g/mol. The first-order valence-corrected chi connectivity index (χ1v) is 4.93. The molecule has 44 valence electrons. The fourth-order valence-electron chi connectivity index (χ4n) is 0.867. The van der Waals surface area contributed by atoms with Crippen LogP contribution in [0.15, 0.2) is 24.3 Å². The van der Waals surface area contributed by atoms with Crippen molar-refractivity contribution in [3.8, 4) is 0 Å². The summed E-state index contributed by atoms with van der Waals surface area (Å²) in [5.74, 6) is 0. The monoisotopic (exact) mass is 180 g/mol. The van der Waals surface area contributed by atoms with Gasteiger partial charge in [-0.2, -0.15) is 0 Å². The van der Waals surface area contributed by atoms with Crippen LogP contribution in [0, 0.1) is 0 Å². The first kappa shape index (κ1) is 5.17. The molecule has 2 radical (unpaired) electrons. The predicted octanol–water partition coefficient (Wildman–Crippen LogP) is 1.06. The molecule has 1 heterocycles. The Hall–Kier alpha value is -0.637. The molecule has 0 amide bonds. The summed E-state index contributed by atoms with van der Waals surface area (Å²) in [4.78, 5) is 0. The van der Waals surface area contributed by atoms with Crippen molar-refractivity contribution in [1.82, 2.24) is 0 Å². The van der Waals surface area contributed by atoms with Gasteiger partial charge in [-0.15, -0.1) is 0 Å². The minimum absolute atomic E-state index is 0.103. The Morgan fingerprint density at radius 3 is 2.11 bits per heavy atom. The van der Waals surface area contributed by atoms with Crippen molar-refractivity contribution in [2.24, 2.45) is 0 Å². The van der Waals surface area contributed by atoms with E-state index in [2.05, 4.69) is 20.7 Å². The molecular weight excluding hydrogens is 173 g/mol. The third-order valence-corrected chi connectivity index (χ3v) is 2.98. The number of nitrogens with one attached hydrogen (secondary N) is 2. The van der Waals surface area contributed by atoms with Gasteiger partial charge in [0.15, 0.2) is 0 Å². The van der Waals surface area contributed by atoms with Gasteiger partial charge in [0.05, 0.1) is 0 Å². The van der Waals surface area contributed by atoms with E-state index in [1.54, 1.807) is 0 Å². The number of fused-ring (bicyclic) bond motifs is 1. The number of benzene rings is 1. The van der Waals surface area contributed by atoms with Crippen molar-refractivity contribution in [1.29, 1.82) is 0 Å². The van der Waals surface area contributed by atoms with Crippen molar-refractivity contribution in [3.05, 3.63) is 24.3 Å². The topological polar surface area (TPSA) is 24.1 Å². The van der Waals surface area contributed by atoms with Gasteiger partial charge in [0, 0.05) is 0 Å². The van der Waals surface area contributed by atoms with Crippen molar-refractivity contribution >= 4 is 27.3 Å². The van der Waals surface area contributed by atoms with E-state index in [4.69, 9.17) is 0 Å². The van der Waals surface area contributed by atoms with Crippen LogP contribution >= 0.6 is 0 Å². The Balaban J connectivity index is 2.54. The van der Waals surface area contributed by atoms with E-state index in [1.807, 2.05) is 12.1 Å². The summed E-state index contributed by atoms with van der Waals surface area (Å²) < 4.78 is 6.63. The fraction of sp³-hybridized carbons (Fsp3) is 0. The van der Waals surface area contributed by atoms with Crippen LogP contribution in [0.3, 0.4) is 0 Å². The van der Waals surface area contributed by atoms with Crippen LogP contribution in [0.1, 0.15) is 0 Å². The van der Waals surface area contributed by atoms with Crippen LogP contribution in [-0.2, 0) is 0 Å². The Morgan fingerprint density at radius 1 is 1.00 bits per heavy atom. The van der Waals surface area contributed by atoms with Crippen LogP contribution in [-0.4, -0.2) is 15.9 Å². The zero-order valence-corrected chi connectivity index (χ0v) is 6.91. The van der Waals surface area contributed by atoms with E-state index < -0.39 is 0 Å². The molecule has 1 aromatic carbocycles. The van der Waals surface area contributed by atoms with Crippen molar-refractivity contribution < 1.29 is 0 Å². The first-order valence-electron chi connectivity index (χ1n) is 2.83. The Labute approximate surface area is 60.6 Å². The molecule has 2 rings (SSSR count). The number of para-hydroxylation sites is 2. The summed E-state index contributed by atoms with van der Waals surface area (Å²) in [6.45, 7) is 0. The van der Waals surface area contributed by atoms with E-state index in [-0.39, 0.29) is 15.9 Å². The van der Waals surface area contributed by atoms with E-state index in [9.17, 15) is 0 Å². The molecule has 3 heteroatoms. The number of anilines is 2. The predicted molar refractivity (Wildman–Crippen MR) is 39.4 cm³/mol. The quantitative estimate of drug-likeness (QED) is 0.581. The molecule has 0 unspecified atom stereocenters. The molecule has 0 bridgehead atoms. The molecule has 9 heavy (non-hydrogen) atoms. The van der Waals surface area contributed by atoms with Gasteiger partial charge in [0.25, 0.3) is 0 Å². The fourth-order valence-corrected chi connectivity index (χ4v) is 2.48. The van der Waals surface area contributed by atoms with Crippen LogP contribution < -0.4 is 8.55 Å². The molecule has 0 saturated heterocycles. The summed E-state index contributed by atoms with van der Waals surface area (Å²) in [6, 6.07) is 8.29. The Morgan fingerprint density at radius 2 is 1.56 bits per heavy atom. The van der Waals surface area contributed by atoms with Crippen LogP contribution in [0.25, 0.3) is 0 Å². The molecule has 0 spiro atoms. The van der Waals surface area contributed by atoms with E-state index >= 15 is 0 Å².